The zero-order valence-electron chi connectivity index (χ0n) is 18.7. The molecule has 0 radical (unpaired) electrons. The highest BCUT2D eigenvalue weighted by atomic mass is 19.1. The fourth-order valence-electron chi connectivity index (χ4n) is 4.41. The van der Waals surface area contributed by atoms with Crippen molar-refractivity contribution < 1.29 is 14.0 Å². The number of para-hydroxylation sites is 1. The Labute approximate surface area is 196 Å². The van der Waals surface area contributed by atoms with E-state index in [4.69, 9.17) is 0 Å². The van der Waals surface area contributed by atoms with Gasteiger partial charge in [-0.25, -0.2) is 9.07 Å². The standard InChI is InChI=1S/C27H23FN4O2/c1-16-8-10-19(11-9-16)26(33)29-24-23(18-12-14-20(28)15-13-18)22-17(2)31-32(25(22)30-27(24)34)21-6-4-3-5-7-21/h3-15,23-24H,1-2H3,(H,29,33)(H,30,34)/t23-,24-/m0/s1. The summed E-state index contributed by atoms with van der Waals surface area (Å²) in [5.41, 5.74) is 4.49. The van der Waals surface area contributed by atoms with Crippen LogP contribution >= 0.6 is 0 Å². The first-order chi connectivity index (χ1) is 16.4. The van der Waals surface area contributed by atoms with E-state index in [1.54, 1.807) is 28.9 Å². The van der Waals surface area contributed by atoms with Crippen LogP contribution in [0, 0.1) is 19.7 Å². The van der Waals surface area contributed by atoms with Gasteiger partial charge in [0.15, 0.2) is 0 Å². The number of aryl methyl sites for hydroxylation is 2. The van der Waals surface area contributed by atoms with Crippen LogP contribution in [-0.4, -0.2) is 27.6 Å². The van der Waals surface area contributed by atoms with Gasteiger partial charge in [0.05, 0.1) is 11.4 Å². The minimum atomic E-state index is -0.904. The number of nitrogens with one attached hydrogen (secondary N) is 2. The molecule has 1 aliphatic rings. The third kappa shape index (κ3) is 3.85. The molecular weight excluding hydrogens is 431 g/mol. The highest BCUT2D eigenvalue weighted by Crippen LogP contribution is 2.40. The van der Waals surface area contributed by atoms with E-state index < -0.39 is 12.0 Å². The quantitative estimate of drug-likeness (QED) is 0.476. The van der Waals surface area contributed by atoms with E-state index in [0.29, 0.717) is 22.6 Å². The van der Waals surface area contributed by atoms with Crippen molar-refractivity contribution >= 4 is 17.6 Å². The number of rotatable bonds is 4. The second-order valence-corrected chi connectivity index (χ2v) is 8.43. The molecule has 2 amide bonds. The van der Waals surface area contributed by atoms with Crippen LogP contribution in [-0.2, 0) is 4.79 Å². The zero-order valence-corrected chi connectivity index (χ0v) is 18.7. The average molecular weight is 455 g/mol. The molecule has 0 fully saturated rings. The van der Waals surface area contributed by atoms with E-state index in [1.165, 1.54) is 12.1 Å². The van der Waals surface area contributed by atoms with E-state index in [-0.39, 0.29) is 17.6 Å². The molecular formula is C27H23FN4O2. The Morgan fingerprint density at radius 1 is 0.971 bits per heavy atom. The van der Waals surface area contributed by atoms with Crippen molar-refractivity contribution in [1.29, 1.82) is 0 Å². The summed E-state index contributed by atoms with van der Waals surface area (Å²) in [6, 6.07) is 21.7. The molecule has 5 rings (SSSR count). The molecule has 4 aromatic rings. The lowest BCUT2D eigenvalue weighted by atomic mass is 9.82. The number of hydrogen-bond donors (Lipinski definition) is 2. The summed E-state index contributed by atoms with van der Waals surface area (Å²) < 4.78 is 15.4. The van der Waals surface area contributed by atoms with E-state index in [9.17, 15) is 14.0 Å². The Bertz CT molecular complexity index is 1360. The lowest BCUT2D eigenvalue weighted by Gasteiger charge is -2.32. The normalized spacial score (nSPS) is 17.1. The number of fused-ring (bicyclic) bond motifs is 1. The van der Waals surface area contributed by atoms with Crippen molar-refractivity contribution in [2.24, 2.45) is 0 Å². The van der Waals surface area contributed by atoms with E-state index in [1.807, 2.05) is 56.3 Å². The largest absolute Gasteiger partial charge is 0.339 e. The molecule has 2 heterocycles. The average Bonchev–Trinajstić information content (AvgIpc) is 3.17. The Balaban J connectivity index is 1.61. The molecule has 1 aromatic heterocycles. The van der Waals surface area contributed by atoms with Crippen LogP contribution in [0.3, 0.4) is 0 Å². The van der Waals surface area contributed by atoms with Gasteiger partial charge in [0.25, 0.3) is 5.91 Å². The molecule has 0 saturated heterocycles. The van der Waals surface area contributed by atoms with Gasteiger partial charge in [-0.15, -0.1) is 0 Å². The predicted molar refractivity (Wildman–Crippen MR) is 128 cm³/mol. The number of anilines is 1. The Morgan fingerprint density at radius 3 is 2.32 bits per heavy atom. The monoisotopic (exact) mass is 454 g/mol. The third-order valence-electron chi connectivity index (χ3n) is 6.11. The maximum atomic E-state index is 13.7. The number of benzene rings is 3. The maximum absolute atomic E-state index is 13.7. The van der Waals surface area contributed by atoms with Gasteiger partial charge in [0.2, 0.25) is 5.91 Å². The van der Waals surface area contributed by atoms with Crippen LogP contribution in [0.1, 0.15) is 38.7 Å². The first kappa shape index (κ1) is 21.6. The van der Waals surface area contributed by atoms with Gasteiger partial charge >= 0.3 is 0 Å². The van der Waals surface area contributed by atoms with E-state index >= 15 is 0 Å². The molecule has 0 aliphatic carbocycles. The van der Waals surface area contributed by atoms with E-state index in [0.717, 1.165) is 16.8 Å². The number of hydrogen-bond acceptors (Lipinski definition) is 3. The Morgan fingerprint density at radius 2 is 1.65 bits per heavy atom. The molecule has 0 saturated carbocycles. The number of carbonyl (C=O) groups is 2. The number of nitrogens with zero attached hydrogens (tertiary/aromatic N) is 2. The van der Waals surface area contributed by atoms with Gasteiger partial charge in [-0.3, -0.25) is 9.59 Å². The fraction of sp³-hybridized carbons (Fsp3) is 0.148. The molecule has 0 unspecified atom stereocenters. The number of halogens is 1. The van der Waals surface area contributed by atoms with Crippen LogP contribution < -0.4 is 10.6 Å². The number of amides is 2. The molecule has 2 N–H and O–H groups in total. The summed E-state index contributed by atoms with van der Waals surface area (Å²) in [7, 11) is 0. The Kier molecular flexibility index (Phi) is 5.45. The maximum Gasteiger partial charge on any atom is 0.251 e. The van der Waals surface area contributed by atoms with Crippen LogP contribution in [0.5, 0.6) is 0 Å². The van der Waals surface area contributed by atoms with Crippen molar-refractivity contribution in [3.8, 4) is 5.69 Å². The topological polar surface area (TPSA) is 76.0 Å². The van der Waals surface area contributed by atoms with Crippen molar-refractivity contribution in [3.63, 3.8) is 0 Å². The van der Waals surface area contributed by atoms with Crippen LogP contribution in [0.25, 0.3) is 5.69 Å². The molecule has 34 heavy (non-hydrogen) atoms. The van der Waals surface area contributed by atoms with Gasteiger partial charge in [0, 0.05) is 17.0 Å². The summed E-state index contributed by atoms with van der Waals surface area (Å²) in [6.45, 7) is 3.81. The second kappa shape index (κ2) is 8.59. The van der Waals surface area contributed by atoms with Gasteiger partial charge in [0.1, 0.15) is 17.7 Å². The van der Waals surface area contributed by atoms with Gasteiger partial charge in [-0.1, -0.05) is 48.0 Å². The number of carbonyl (C=O) groups excluding carboxylic acids is 2. The van der Waals surface area contributed by atoms with Crippen LogP contribution in [0.4, 0.5) is 10.2 Å². The summed E-state index contributed by atoms with van der Waals surface area (Å²) in [5.74, 6) is -1.09. The van der Waals surface area contributed by atoms with Crippen LogP contribution in [0.2, 0.25) is 0 Å². The molecule has 170 valence electrons. The third-order valence-corrected chi connectivity index (χ3v) is 6.11. The smallest absolute Gasteiger partial charge is 0.251 e. The minimum absolute atomic E-state index is 0.358. The summed E-state index contributed by atoms with van der Waals surface area (Å²) >= 11 is 0. The zero-order chi connectivity index (χ0) is 23.8. The highest BCUT2D eigenvalue weighted by Gasteiger charge is 2.41. The van der Waals surface area contributed by atoms with E-state index in [2.05, 4.69) is 15.7 Å². The Hall–Kier alpha value is -4.26. The highest BCUT2D eigenvalue weighted by molar-refractivity contribution is 6.04. The van der Waals surface area contributed by atoms with Gasteiger partial charge in [-0.2, -0.15) is 5.10 Å². The second-order valence-electron chi connectivity index (χ2n) is 8.43. The molecule has 2 atom stereocenters. The predicted octanol–water partition coefficient (Wildman–Crippen LogP) is 4.51. The first-order valence-electron chi connectivity index (χ1n) is 11.0. The molecule has 3 aromatic carbocycles. The number of aromatic nitrogens is 2. The van der Waals surface area contributed by atoms with Crippen molar-refractivity contribution in [1.82, 2.24) is 15.1 Å². The molecule has 0 bridgehead atoms. The molecule has 6 nitrogen and oxygen atoms in total. The van der Waals surface area contributed by atoms with Crippen molar-refractivity contribution in [2.75, 3.05) is 5.32 Å². The summed E-state index contributed by atoms with van der Waals surface area (Å²) in [4.78, 5) is 26.4. The summed E-state index contributed by atoms with van der Waals surface area (Å²) in [6.07, 6.45) is 0. The van der Waals surface area contributed by atoms with Crippen molar-refractivity contribution in [3.05, 3.63) is 113 Å². The minimum Gasteiger partial charge on any atom is -0.339 e. The van der Waals surface area contributed by atoms with Crippen molar-refractivity contribution in [2.45, 2.75) is 25.8 Å². The lowest BCUT2D eigenvalue weighted by molar-refractivity contribution is -0.118. The first-order valence-corrected chi connectivity index (χ1v) is 11.0. The molecule has 1 aliphatic heterocycles. The fourth-order valence-corrected chi connectivity index (χ4v) is 4.41. The summed E-state index contributed by atoms with van der Waals surface area (Å²) in [5, 5.41) is 10.5. The molecule has 0 spiro atoms. The van der Waals surface area contributed by atoms with Crippen LogP contribution in [0.15, 0.2) is 78.9 Å². The van der Waals surface area contributed by atoms with Gasteiger partial charge < -0.3 is 10.6 Å². The van der Waals surface area contributed by atoms with Gasteiger partial charge in [-0.05, 0) is 55.8 Å². The molecule has 7 heteroatoms. The lowest BCUT2D eigenvalue weighted by Crippen LogP contribution is -2.50. The SMILES string of the molecule is Cc1ccc(C(=O)N[C@@H]2C(=O)Nc3c(c(C)nn3-c3ccccc3)[C@@H]2c2ccc(F)cc2)cc1.